The molecule has 0 amide bonds. The lowest BCUT2D eigenvalue weighted by Gasteiger charge is -2.32. The SMILES string of the molecule is CC(C)CCN1[C@@H]2CCN(C)CC[C@H]2Oc2ccccc2S1(=O)=O. The molecular formula is C18H28N2O3S. The molecule has 1 aromatic carbocycles. The molecule has 2 heterocycles. The van der Waals surface area contributed by atoms with E-state index < -0.39 is 10.0 Å². The molecule has 0 radical (unpaired) electrons. The van der Waals surface area contributed by atoms with Crippen LogP contribution in [0.25, 0.3) is 0 Å². The average molecular weight is 353 g/mol. The van der Waals surface area contributed by atoms with E-state index in [1.54, 1.807) is 22.5 Å². The van der Waals surface area contributed by atoms with E-state index in [2.05, 4.69) is 25.8 Å². The van der Waals surface area contributed by atoms with Gasteiger partial charge < -0.3 is 9.64 Å². The number of para-hydroxylation sites is 1. The van der Waals surface area contributed by atoms with E-state index in [1.807, 2.05) is 6.07 Å². The zero-order chi connectivity index (χ0) is 17.3. The van der Waals surface area contributed by atoms with Crippen LogP contribution in [0.5, 0.6) is 5.75 Å². The summed E-state index contributed by atoms with van der Waals surface area (Å²) in [5.74, 6) is 0.968. The van der Waals surface area contributed by atoms with E-state index >= 15 is 0 Å². The van der Waals surface area contributed by atoms with Gasteiger partial charge in [0.2, 0.25) is 10.0 Å². The Hall–Kier alpha value is -1.11. The number of benzene rings is 1. The van der Waals surface area contributed by atoms with Crippen molar-refractivity contribution in [3.05, 3.63) is 24.3 Å². The van der Waals surface area contributed by atoms with E-state index in [0.29, 0.717) is 23.1 Å². The Labute approximate surface area is 145 Å². The van der Waals surface area contributed by atoms with Crippen LogP contribution in [0.4, 0.5) is 0 Å². The second-order valence-electron chi connectivity index (χ2n) is 7.35. The van der Waals surface area contributed by atoms with Crippen molar-refractivity contribution >= 4 is 10.0 Å². The van der Waals surface area contributed by atoms with Gasteiger partial charge in [0.25, 0.3) is 0 Å². The maximum Gasteiger partial charge on any atom is 0.247 e. The minimum atomic E-state index is -3.53. The van der Waals surface area contributed by atoms with Gasteiger partial charge in [-0.1, -0.05) is 26.0 Å². The summed E-state index contributed by atoms with van der Waals surface area (Å²) in [5, 5.41) is 0. The average Bonchev–Trinajstić information content (AvgIpc) is 2.75. The molecule has 0 aromatic heterocycles. The largest absolute Gasteiger partial charge is 0.487 e. The third kappa shape index (κ3) is 3.46. The molecule has 0 aliphatic carbocycles. The number of fused-ring (bicyclic) bond motifs is 2. The van der Waals surface area contributed by atoms with Gasteiger partial charge in [-0.2, -0.15) is 4.31 Å². The van der Waals surface area contributed by atoms with Crippen molar-refractivity contribution in [3.63, 3.8) is 0 Å². The highest BCUT2D eigenvalue weighted by molar-refractivity contribution is 7.89. The molecule has 2 atom stereocenters. The quantitative estimate of drug-likeness (QED) is 0.839. The number of rotatable bonds is 3. The molecule has 1 saturated heterocycles. The Morgan fingerprint density at radius 1 is 1.21 bits per heavy atom. The smallest absolute Gasteiger partial charge is 0.247 e. The van der Waals surface area contributed by atoms with Gasteiger partial charge in [0.1, 0.15) is 16.7 Å². The number of ether oxygens (including phenoxy) is 1. The highest BCUT2D eigenvalue weighted by atomic mass is 32.2. The molecular weight excluding hydrogens is 324 g/mol. The monoisotopic (exact) mass is 352 g/mol. The highest BCUT2D eigenvalue weighted by Crippen LogP contribution is 2.36. The zero-order valence-corrected chi connectivity index (χ0v) is 15.6. The van der Waals surface area contributed by atoms with E-state index in [1.165, 1.54) is 0 Å². The van der Waals surface area contributed by atoms with Crippen LogP contribution in [0, 0.1) is 5.92 Å². The molecule has 0 saturated carbocycles. The maximum atomic E-state index is 13.3. The molecule has 2 aliphatic heterocycles. The molecule has 0 spiro atoms. The fourth-order valence-electron chi connectivity index (χ4n) is 3.56. The third-order valence-electron chi connectivity index (χ3n) is 5.04. The Bertz CT molecular complexity index is 675. The summed E-state index contributed by atoms with van der Waals surface area (Å²) in [6.45, 7) is 6.65. The summed E-state index contributed by atoms with van der Waals surface area (Å²) in [5.41, 5.74) is 0. The van der Waals surface area contributed by atoms with Gasteiger partial charge >= 0.3 is 0 Å². The first-order valence-corrected chi connectivity index (χ1v) is 10.3. The van der Waals surface area contributed by atoms with Crippen molar-refractivity contribution in [2.75, 3.05) is 26.7 Å². The predicted octanol–water partition coefficient (Wildman–Crippen LogP) is 2.58. The fraction of sp³-hybridized carbons (Fsp3) is 0.667. The van der Waals surface area contributed by atoms with Gasteiger partial charge in [-0.05, 0) is 50.9 Å². The first-order chi connectivity index (χ1) is 11.4. The molecule has 2 aliphatic rings. The number of hydrogen-bond donors (Lipinski definition) is 0. The first-order valence-electron chi connectivity index (χ1n) is 8.85. The normalized spacial score (nSPS) is 27.7. The van der Waals surface area contributed by atoms with Crippen LogP contribution in [0.15, 0.2) is 29.2 Å². The van der Waals surface area contributed by atoms with Crippen LogP contribution in [-0.4, -0.2) is 56.5 Å². The van der Waals surface area contributed by atoms with E-state index in [4.69, 9.17) is 4.74 Å². The Kier molecular flexibility index (Phi) is 5.18. The van der Waals surface area contributed by atoms with E-state index in [9.17, 15) is 8.42 Å². The summed E-state index contributed by atoms with van der Waals surface area (Å²) in [6, 6.07) is 6.98. The van der Waals surface area contributed by atoms with Crippen molar-refractivity contribution in [1.82, 2.24) is 9.21 Å². The molecule has 6 heteroatoms. The molecule has 5 nitrogen and oxygen atoms in total. The molecule has 3 rings (SSSR count). The van der Waals surface area contributed by atoms with Gasteiger partial charge in [0.05, 0.1) is 6.04 Å². The van der Waals surface area contributed by atoms with Crippen molar-refractivity contribution < 1.29 is 13.2 Å². The van der Waals surface area contributed by atoms with Crippen LogP contribution in [0.3, 0.4) is 0 Å². The molecule has 134 valence electrons. The summed E-state index contributed by atoms with van der Waals surface area (Å²) < 4.78 is 34.6. The van der Waals surface area contributed by atoms with Crippen molar-refractivity contribution in [1.29, 1.82) is 0 Å². The zero-order valence-electron chi connectivity index (χ0n) is 14.8. The number of likely N-dealkylation sites (tertiary alicyclic amines) is 1. The lowest BCUT2D eigenvalue weighted by Crippen LogP contribution is -2.47. The molecule has 0 unspecified atom stereocenters. The van der Waals surface area contributed by atoms with Crippen molar-refractivity contribution in [2.24, 2.45) is 5.92 Å². The van der Waals surface area contributed by atoms with E-state index in [-0.39, 0.29) is 12.1 Å². The van der Waals surface area contributed by atoms with Crippen LogP contribution >= 0.6 is 0 Å². The Morgan fingerprint density at radius 2 is 1.92 bits per heavy atom. The topological polar surface area (TPSA) is 49.9 Å². The second-order valence-corrected chi connectivity index (χ2v) is 9.21. The lowest BCUT2D eigenvalue weighted by molar-refractivity contribution is 0.111. The lowest BCUT2D eigenvalue weighted by atomic mass is 10.0. The molecule has 24 heavy (non-hydrogen) atoms. The van der Waals surface area contributed by atoms with Crippen LogP contribution in [-0.2, 0) is 10.0 Å². The van der Waals surface area contributed by atoms with E-state index in [0.717, 1.165) is 32.4 Å². The molecule has 0 N–H and O–H groups in total. The maximum absolute atomic E-state index is 13.3. The Balaban J connectivity index is 2.03. The summed E-state index contributed by atoms with van der Waals surface area (Å²) in [4.78, 5) is 2.58. The number of sulfonamides is 1. The minimum Gasteiger partial charge on any atom is -0.487 e. The Morgan fingerprint density at radius 3 is 2.67 bits per heavy atom. The molecule has 0 bridgehead atoms. The number of nitrogens with zero attached hydrogens (tertiary/aromatic N) is 2. The molecule has 1 fully saturated rings. The van der Waals surface area contributed by atoms with Crippen molar-refractivity contribution in [2.45, 2.75) is 50.2 Å². The van der Waals surface area contributed by atoms with Gasteiger partial charge in [0, 0.05) is 13.1 Å². The van der Waals surface area contributed by atoms with Crippen LogP contribution in [0.1, 0.15) is 33.1 Å². The fourth-order valence-corrected chi connectivity index (χ4v) is 5.37. The standard InChI is InChI=1S/C18H28N2O3S/c1-14(2)8-13-20-15-9-11-19(3)12-10-16(15)23-17-6-4-5-7-18(17)24(20,21)22/h4-7,14-16H,8-13H2,1-3H3/t15-,16-/m1/s1. The predicted molar refractivity (Wildman–Crippen MR) is 94.7 cm³/mol. The van der Waals surface area contributed by atoms with Gasteiger partial charge in [-0.3, -0.25) is 0 Å². The summed E-state index contributed by atoms with van der Waals surface area (Å²) in [6.07, 6.45) is 2.44. The van der Waals surface area contributed by atoms with Crippen LogP contribution < -0.4 is 4.74 Å². The minimum absolute atomic E-state index is 0.0828. The first kappa shape index (κ1) is 17.7. The van der Waals surface area contributed by atoms with Gasteiger partial charge in [-0.25, -0.2) is 8.42 Å². The van der Waals surface area contributed by atoms with Crippen LogP contribution in [0.2, 0.25) is 0 Å². The summed E-state index contributed by atoms with van der Waals surface area (Å²) in [7, 11) is -1.44. The number of hydrogen-bond acceptors (Lipinski definition) is 4. The highest BCUT2D eigenvalue weighted by Gasteiger charge is 2.42. The second kappa shape index (κ2) is 7.02. The van der Waals surface area contributed by atoms with Crippen molar-refractivity contribution in [3.8, 4) is 5.75 Å². The summed E-state index contributed by atoms with van der Waals surface area (Å²) >= 11 is 0. The third-order valence-corrected chi connectivity index (χ3v) is 7.01. The van der Waals surface area contributed by atoms with Gasteiger partial charge in [-0.15, -0.1) is 0 Å². The molecule has 1 aromatic rings. The van der Waals surface area contributed by atoms with Gasteiger partial charge in [0.15, 0.2) is 0 Å².